The number of pyridine rings is 1. The molecule has 7 nitrogen and oxygen atoms in total. The van der Waals surface area contributed by atoms with Crippen molar-refractivity contribution in [3.05, 3.63) is 53.0 Å². The second-order valence-electron chi connectivity index (χ2n) is 6.62. The van der Waals surface area contributed by atoms with Crippen molar-refractivity contribution < 1.29 is 18.7 Å². The summed E-state index contributed by atoms with van der Waals surface area (Å²) in [6, 6.07) is 6.16. The molecule has 0 radical (unpaired) electrons. The second kappa shape index (κ2) is 8.90. The molecule has 1 aromatic heterocycles. The zero-order chi connectivity index (χ0) is 20.1. The van der Waals surface area contributed by atoms with E-state index in [4.69, 9.17) is 10.5 Å². The van der Waals surface area contributed by atoms with E-state index in [1.54, 1.807) is 25.3 Å². The van der Waals surface area contributed by atoms with E-state index in [0.29, 0.717) is 30.0 Å². The summed E-state index contributed by atoms with van der Waals surface area (Å²) in [5, 5.41) is 5.54. The first kappa shape index (κ1) is 19.9. The summed E-state index contributed by atoms with van der Waals surface area (Å²) in [5.41, 5.74) is 7.45. The van der Waals surface area contributed by atoms with Crippen LogP contribution in [0.15, 0.2) is 30.5 Å². The molecule has 1 aliphatic rings. The molecule has 1 aliphatic carbocycles. The van der Waals surface area contributed by atoms with Crippen LogP contribution in [0.2, 0.25) is 0 Å². The second-order valence-corrected chi connectivity index (χ2v) is 6.62. The molecule has 0 aliphatic heterocycles. The van der Waals surface area contributed by atoms with E-state index in [1.165, 1.54) is 12.3 Å². The topological polar surface area (TPSA) is 106 Å². The van der Waals surface area contributed by atoms with Crippen molar-refractivity contribution in [1.82, 2.24) is 15.6 Å². The molecule has 28 heavy (non-hydrogen) atoms. The van der Waals surface area contributed by atoms with Crippen LogP contribution in [0.5, 0.6) is 0 Å². The quantitative estimate of drug-likeness (QED) is 0.598. The molecule has 2 aromatic rings. The van der Waals surface area contributed by atoms with E-state index < -0.39 is 5.82 Å². The first-order chi connectivity index (χ1) is 13.5. The summed E-state index contributed by atoms with van der Waals surface area (Å²) in [6.45, 7) is 0.760. The number of carbonyl (C=O) groups excluding carboxylic acids is 2. The van der Waals surface area contributed by atoms with Gasteiger partial charge in [-0.3, -0.25) is 14.6 Å². The summed E-state index contributed by atoms with van der Waals surface area (Å²) < 4.78 is 19.4. The highest BCUT2D eigenvalue weighted by molar-refractivity contribution is 5.96. The van der Waals surface area contributed by atoms with Crippen LogP contribution in [0.3, 0.4) is 0 Å². The number of hydrogen-bond acceptors (Lipinski definition) is 5. The van der Waals surface area contributed by atoms with E-state index >= 15 is 0 Å². The highest BCUT2D eigenvalue weighted by Crippen LogP contribution is 2.27. The lowest BCUT2D eigenvalue weighted by molar-refractivity contribution is 0.0933. The molecule has 0 bridgehead atoms. The monoisotopic (exact) mass is 386 g/mol. The molecule has 1 saturated carbocycles. The van der Waals surface area contributed by atoms with E-state index in [2.05, 4.69) is 15.6 Å². The van der Waals surface area contributed by atoms with Crippen LogP contribution in [-0.4, -0.2) is 43.1 Å². The Bertz CT molecular complexity index is 866. The fraction of sp³-hybridized carbons (Fsp3) is 0.350. The highest BCUT2D eigenvalue weighted by atomic mass is 19.1. The number of aromatic nitrogens is 1. The number of nitrogens with two attached hydrogens (primary N) is 1. The van der Waals surface area contributed by atoms with Gasteiger partial charge in [-0.2, -0.15) is 0 Å². The lowest BCUT2D eigenvalue weighted by Crippen LogP contribution is -2.27. The molecule has 3 rings (SSSR count). The summed E-state index contributed by atoms with van der Waals surface area (Å²) in [5.74, 6) is -1.15. The van der Waals surface area contributed by atoms with Gasteiger partial charge in [-0.15, -0.1) is 0 Å². The van der Waals surface area contributed by atoms with Gasteiger partial charge in [0.2, 0.25) is 0 Å². The zero-order valence-corrected chi connectivity index (χ0v) is 15.6. The Morgan fingerprint density at radius 1 is 1.25 bits per heavy atom. The van der Waals surface area contributed by atoms with Crippen LogP contribution < -0.4 is 16.4 Å². The van der Waals surface area contributed by atoms with Gasteiger partial charge in [0.05, 0.1) is 17.9 Å². The summed E-state index contributed by atoms with van der Waals surface area (Å²) in [4.78, 5) is 28.6. The fourth-order valence-electron chi connectivity index (χ4n) is 2.76. The minimum Gasteiger partial charge on any atom is -0.383 e. The minimum atomic E-state index is -0.552. The molecule has 0 unspecified atom stereocenters. The van der Waals surface area contributed by atoms with E-state index in [0.717, 1.165) is 12.8 Å². The Labute approximate surface area is 162 Å². The van der Waals surface area contributed by atoms with E-state index in [-0.39, 0.29) is 35.5 Å². The molecule has 1 heterocycles. The number of benzene rings is 1. The van der Waals surface area contributed by atoms with Gasteiger partial charge in [-0.25, -0.2) is 4.39 Å². The van der Waals surface area contributed by atoms with Crippen LogP contribution in [-0.2, 0) is 11.3 Å². The third kappa shape index (κ3) is 4.71. The molecule has 1 fully saturated rings. The number of methoxy groups -OCH3 is 1. The average molecular weight is 386 g/mol. The van der Waals surface area contributed by atoms with Crippen molar-refractivity contribution in [2.75, 3.05) is 20.3 Å². The van der Waals surface area contributed by atoms with Gasteiger partial charge in [-0.05, 0) is 37.1 Å². The van der Waals surface area contributed by atoms with Crippen molar-refractivity contribution in [3.63, 3.8) is 0 Å². The Morgan fingerprint density at radius 3 is 2.64 bits per heavy atom. The average Bonchev–Trinajstić information content (AvgIpc) is 3.51. The van der Waals surface area contributed by atoms with Crippen LogP contribution in [0.25, 0.3) is 11.3 Å². The molecule has 0 atom stereocenters. The van der Waals surface area contributed by atoms with Gasteiger partial charge in [-0.1, -0.05) is 0 Å². The maximum atomic E-state index is 14.5. The first-order valence-electron chi connectivity index (χ1n) is 9.10. The van der Waals surface area contributed by atoms with Crippen molar-refractivity contribution in [2.24, 2.45) is 5.73 Å². The molecule has 0 spiro atoms. The van der Waals surface area contributed by atoms with Gasteiger partial charge < -0.3 is 21.1 Å². The SMILES string of the molecule is COCCNC(=O)c1ccc(-c2cc(C(=O)NC3CC3)cc(F)c2CN)nc1. The molecular formula is C20H23FN4O3. The van der Waals surface area contributed by atoms with Crippen molar-refractivity contribution in [2.45, 2.75) is 25.4 Å². The number of hydrogen-bond donors (Lipinski definition) is 3. The zero-order valence-electron chi connectivity index (χ0n) is 15.6. The number of halogens is 1. The number of carbonyl (C=O) groups is 2. The van der Waals surface area contributed by atoms with Crippen molar-refractivity contribution in [3.8, 4) is 11.3 Å². The molecular weight excluding hydrogens is 363 g/mol. The van der Waals surface area contributed by atoms with Gasteiger partial charge in [0.15, 0.2) is 0 Å². The number of rotatable bonds is 8. The largest absolute Gasteiger partial charge is 0.383 e. The van der Waals surface area contributed by atoms with E-state index in [1.807, 2.05) is 0 Å². The van der Waals surface area contributed by atoms with E-state index in [9.17, 15) is 14.0 Å². The lowest BCUT2D eigenvalue weighted by atomic mass is 9.99. The lowest BCUT2D eigenvalue weighted by Gasteiger charge is -2.12. The molecule has 8 heteroatoms. The summed E-state index contributed by atoms with van der Waals surface area (Å²) in [7, 11) is 1.55. The molecule has 0 saturated heterocycles. The predicted molar refractivity (Wildman–Crippen MR) is 102 cm³/mol. The summed E-state index contributed by atoms with van der Waals surface area (Å²) >= 11 is 0. The molecule has 2 amide bonds. The first-order valence-corrected chi connectivity index (χ1v) is 9.10. The normalized spacial score (nSPS) is 13.2. The van der Waals surface area contributed by atoms with Crippen LogP contribution in [0, 0.1) is 5.82 Å². The maximum absolute atomic E-state index is 14.5. The third-order valence-corrected chi connectivity index (χ3v) is 4.47. The number of nitrogens with one attached hydrogen (secondary N) is 2. The van der Waals surface area contributed by atoms with Gasteiger partial charge >= 0.3 is 0 Å². The Hall–Kier alpha value is -2.84. The Balaban J connectivity index is 1.85. The highest BCUT2D eigenvalue weighted by Gasteiger charge is 2.25. The van der Waals surface area contributed by atoms with Crippen molar-refractivity contribution in [1.29, 1.82) is 0 Å². The standard InChI is InChI=1S/C20H23FN4O3/c1-28-7-6-23-19(26)12-2-5-18(24-11-12)15-8-13(9-17(21)16(15)10-22)20(27)25-14-3-4-14/h2,5,8-9,11,14H,3-4,6-7,10,22H2,1H3,(H,23,26)(H,25,27). The van der Waals surface area contributed by atoms with Crippen molar-refractivity contribution >= 4 is 11.8 Å². The van der Waals surface area contributed by atoms with Gasteiger partial charge in [0.25, 0.3) is 11.8 Å². The van der Waals surface area contributed by atoms with Crippen LogP contribution >= 0.6 is 0 Å². The smallest absolute Gasteiger partial charge is 0.252 e. The number of nitrogens with zero attached hydrogens (tertiary/aromatic N) is 1. The Kier molecular flexibility index (Phi) is 6.33. The fourth-order valence-corrected chi connectivity index (χ4v) is 2.76. The van der Waals surface area contributed by atoms with Crippen LogP contribution in [0.4, 0.5) is 4.39 Å². The molecule has 4 N–H and O–H groups in total. The number of ether oxygens (including phenoxy) is 1. The minimum absolute atomic E-state index is 0.0351. The molecule has 1 aromatic carbocycles. The predicted octanol–water partition coefficient (Wildman–Crippen LogP) is 1.61. The van der Waals surface area contributed by atoms with Gasteiger partial charge in [0.1, 0.15) is 5.82 Å². The summed E-state index contributed by atoms with van der Waals surface area (Å²) in [6.07, 6.45) is 3.29. The molecule has 148 valence electrons. The number of amides is 2. The Morgan fingerprint density at radius 2 is 2.04 bits per heavy atom. The van der Waals surface area contributed by atoms with Gasteiger partial charge in [0, 0.05) is 49.1 Å². The third-order valence-electron chi connectivity index (χ3n) is 4.47. The maximum Gasteiger partial charge on any atom is 0.252 e. The van der Waals surface area contributed by atoms with Crippen LogP contribution in [0.1, 0.15) is 39.1 Å².